The van der Waals surface area contributed by atoms with E-state index in [9.17, 15) is 9.90 Å². The van der Waals surface area contributed by atoms with Gasteiger partial charge in [0.2, 0.25) is 0 Å². The maximum absolute atomic E-state index is 12.2. The highest BCUT2D eigenvalue weighted by Gasteiger charge is 2.13. The Morgan fingerprint density at radius 2 is 1.96 bits per heavy atom. The fourth-order valence-corrected chi connectivity index (χ4v) is 2.11. The van der Waals surface area contributed by atoms with Crippen molar-refractivity contribution in [2.24, 2.45) is 7.05 Å². The number of aromatic hydroxyl groups is 1. The quantitative estimate of drug-likeness (QED) is 0.773. The van der Waals surface area contributed by atoms with Gasteiger partial charge in [0.05, 0.1) is 29.8 Å². The fourth-order valence-electron chi connectivity index (χ4n) is 2.11. The van der Waals surface area contributed by atoms with Crippen molar-refractivity contribution in [1.29, 1.82) is 0 Å². The smallest absolute Gasteiger partial charge is 0.259 e. The van der Waals surface area contributed by atoms with E-state index in [2.05, 4.69) is 20.4 Å². The predicted octanol–water partition coefficient (Wildman–Crippen LogP) is 2.14. The van der Waals surface area contributed by atoms with Crippen LogP contribution in [-0.2, 0) is 7.05 Å². The van der Waals surface area contributed by atoms with Crippen LogP contribution in [0.3, 0.4) is 0 Å². The minimum atomic E-state index is -0.260. The van der Waals surface area contributed by atoms with Crippen LogP contribution in [0.5, 0.6) is 5.75 Å². The highest BCUT2D eigenvalue weighted by Crippen LogP contribution is 2.20. The molecule has 1 aromatic carbocycles. The molecule has 0 aliphatic carbocycles. The number of nitrogens with one attached hydrogen (secondary N) is 1. The Hall–Kier alpha value is -3.22. The maximum atomic E-state index is 12.2. The van der Waals surface area contributed by atoms with Crippen LogP contribution in [0.4, 0.5) is 5.69 Å². The lowest BCUT2D eigenvalue weighted by Gasteiger charge is -2.05. The minimum absolute atomic E-state index is 0.149. The summed E-state index contributed by atoms with van der Waals surface area (Å²) < 4.78 is 1.64. The number of aromatic nitrogens is 4. The summed E-state index contributed by atoms with van der Waals surface area (Å²) in [7, 11) is 1.78. The minimum Gasteiger partial charge on any atom is -0.508 e. The Labute approximate surface area is 132 Å². The Morgan fingerprint density at radius 1 is 1.22 bits per heavy atom. The molecule has 0 atom stereocenters. The molecule has 0 spiro atoms. The third-order valence-corrected chi connectivity index (χ3v) is 3.49. The number of carbonyl (C=O) groups is 1. The van der Waals surface area contributed by atoms with Crippen LogP contribution in [0.25, 0.3) is 11.4 Å². The summed E-state index contributed by atoms with van der Waals surface area (Å²) in [5, 5.41) is 16.3. The van der Waals surface area contributed by atoms with Gasteiger partial charge in [0.25, 0.3) is 5.91 Å². The molecule has 2 aromatic heterocycles. The topological polar surface area (TPSA) is 92.9 Å². The first-order valence-corrected chi connectivity index (χ1v) is 6.96. The van der Waals surface area contributed by atoms with Gasteiger partial charge in [-0.3, -0.25) is 9.48 Å². The monoisotopic (exact) mass is 309 g/mol. The number of hydrogen-bond acceptors (Lipinski definition) is 5. The van der Waals surface area contributed by atoms with Crippen LogP contribution in [-0.4, -0.2) is 30.8 Å². The highest BCUT2D eigenvalue weighted by molar-refractivity contribution is 6.04. The Morgan fingerprint density at radius 3 is 2.57 bits per heavy atom. The van der Waals surface area contributed by atoms with Crippen LogP contribution < -0.4 is 5.32 Å². The van der Waals surface area contributed by atoms with E-state index >= 15 is 0 Å². The van der Waals surface area contributed by atoms with Crippen LogP contribution in [0.15, 0.2) is 42.9 Å². The standard InChI is InChI=1S/C16H15N5O2/c1-10-14(9-19-21(10)2)16(23)20-12-7-17-15(18-8-12)11-4-3-5-13(22)6-11/h3-9,22H,1-2H3,(H,20,23). The second-order valence-corrected chi connectivity index (χ2v) is 5.07. The summed E-state index contributed by atoms with van der Waals surface area (Å²) in [5.74, 6) is 0.358. The van der Waals surface area contributed by atoms with E-state index in [1.54, 1.807) is 36.0 Å². The molecule has 1 amide bonds. The highest BCUT2D eigenvalue weighted by atomic mass is 16.3. The van der Waals surface area contributed by atoms with Gasteiger partial charge in [0.1, 0.15) is 5.75 Å². The largest absolute Gasteiger partial charge is 0.508 e. The molecule has 0 saturated heterocycles. The lowest BCUT2D eigenvalue weighted by atomic mass is 10.2. The summed E-state index contributed by atoms with van der Waals surface area (Å²) in [4.78, 5) is 20.6. The van der Waals surface area contributed by atoms with E-state index in [0.29, 0.717) is 22.6 Å². The number of nitrogens with zero attached hydrogens (tertiary/aromatic N) is 4. The fraction of sp³-hybridized carbons (Fsp3) is 0.125. The number of benzene rings is 1. The lowest BCUT2D eigenvalue weighted by Crippen LogP contribution is -2.13. The van der Waals surface area contributed by atoms with E-state index in [-0.39, 0.29) is 11.7 Å². The Balaban J connectivity index is 1.77. The maximum Gasteiger partial charge on any atom is 0.259 e. The number of hydrogen-bond donors (Lipinski definition) is 2. The molecule has 0 bridgehead atoms. The molecule has 0 radical (unpaired) electrons. The first kappa shape index (κ1) is 14.7. The van der Waals surface area contributed by atoms with Gasteiger partial charge in [-0.15, -0.1) is 0 Å². The summed E-state index contributed by atoms with van der Waals surface area (Å²) in [6, 6.07) is 6.67. The van der Waals surface area contributed by atoms with Gasteiger partial charge in [-0.05, 0) is 19.1 Å². The molecule has 3 aromatic rings. The molecule has 116 valence electrons. The van der Waals surface area contributed by atoms with E-state index in [0.717, 1.165) is 5.69 Å². The van der Waals surface area contributed by atoms with E-state index in [1.807, 2.05) is 6.92 Å². The first-order valence-electron chi connectivity index (χ1n) is 6.96. The molecule has 0 aliphatic heterocycles. The molecule has 3 rings (SSSR count). The van der Waals surface area contributed by atoms with Gasteiger partial charge in [-0.2, -0.15) is 5.10 Å². The molecular formula is C16H15N5O2. The number of carbonyl (C=O) groups excluding carboxylic acids is 1. The zero-order valence-corrected chi connectivity index (χ0v) is 12.7. The van der Waals surface area contributed by atoms with E-state index < -0.39 is 0 Å². The summed E-state index contributed by atoms with van der Waals surface area (Å²) in [5.41, 5.74) is 2.47. The number of anilines is 1. The molecule has 0 saturated carbocycles. The van der Waals surface area contributed by atoms with Gasteiger partial charge in [0.15, 0.2) is 5.82 Å². The molecule has 0 unspecified atom stereocenters. The predicted molar refractivity (Wildman–Crippen MR) is 85.0 cm³/mol. The van der Waals surface area contributed by atoms with Crippen LogP contribution >= 0.6 is 0 Å². The molecule has 2 heterocycles. The number of aryl methyl sites for hydroxylation is 1. The third kappa shape index (κ3) is 3.03. The zero-order valence-electron chi connectivity index (χ0n) is 12.7. The number of rotatable bonds is 3. The van der Waals surface area contributed by atoms with Gasteiger partial charge >= 0.3 is 0 Å². The molecule has 7 heteroatoms. The normalized spacial score (nSPS) is 10.5. The second kappa shape index (κ2) is 5.88. The number of phenolic OH excluding ortho intramolecular Hbond substituents is 1. The van der Waals surface area contributed by atoms with Crippen LogP contribution in [0.1, 0.15) is 16.1 Å². The third-order valence-electron chi connectivity index (χ3n) is 3.49. The molecular weight excluding hydrogens is 294 g/mol. The molecule has 0 fully saturated rings. The van der Waals surface area contributed by atoms with Crippen molar-refractivity contribution in [2.75, 3.05) is 5.32 Å². The first-order chi connectivity index (χ1) is 11.0. The second-order valence-electron chi connectivity index (χ2n) is 5.07. The summed E-state index contributed by atoms with van der Waals surface area (Å²) in [6.07, 6.45) is 4.57. The molecule has 23 heavy (non-hydrogen) atoms. The average molecular weight is 309 g/mol. The van der Waals surface area contributed by atoms with Crippen LogP contribution in [0.2, 0.25) is 0 Å². The van der Waals surface area contributed by atoms with Crippen molar-refractivity contribution in [2.45, 2.75) is 6.92 Å². The average Bonchev–Trinajstić information content (AvgIpc) is 2.88. The lowest BCUT2D eigenvalue weighted by molar-refractivity contribution is 0.102. The van der Waals surface area contributed by atoms with Crippen molar-refractivity contribution >= 4 is 11.6 Å². The molecule has 7 nitrogen and oxygen atoms in total. The summed E-state index contributed by atoms with van der Waals surface area (Å²) >= 11 is 0. The van der Waals surface area contributed by atoms with Gasteiger partial charge in [-0.25, -0.2) is 9.97 Å². The van der Waals surface area contributed by atoms with Gasteiger partial charge in [0, 0.05) is 18.3 Å². The van der Waals surface area contributed by atoms with Crippen molar-refractivity contribution < 1.29 is 9.90 Å². The van der Waals surface area contributed by atoms with Crippen molar-refractivity contribution in [3.63, 3.8) is 0 Å². The number of phenols is 1. The van der Waals surface area contributed by atoms with E-state index in [1.165, 1.54) is 18.6 Å². The number of amides is 1. The zero-order chi connectivity index (χ0) is 16.4. The van der Waals surface area contributed by atoms with Gasteiger partial charge < -0.3 is 10.4 Å². The Bertz CT molecular complexity index is 855. The van der Waals surface area contributed by atoms with Gasteiger partial charge in [-0.1, -0.05) is 12.1 Å². The molecule has 2 N–H and O–H groups in total. The SMILES string of the molecule is Cc1c(C(=O)Nc2cnc(-c3cccc(O)c3)nc2)cnn1C. The molecule has 0 aliphatic rings. The van der Waals surface area contributed by atoms with E-state index in [4.69, 9.17) is 0 Å². The van der Waals surface area contributed by atoms with Crippen molar-refractivity contribution in [3.05, 3.63) is 54.1 Å². The summed E-state index contributed by atoms with van der Waals surface area (Å²) in [6.45, 7) is 1.82. The van der Waals surface area contributed by atoms with Crippen molar-refractivity contribution in [1.82, 2.24) is 19.7 Å². The van der Waals surface area contributed by atoms with Crippen LogP contribution in [0, 0.1) is 6.92 Å². The Kier molecular flexibility index (Phi) is 3.76. The van der Waals surface area contributed by atoms with Crippen molar-refractivity contribution in [3.8, 4) is 17.1 Å².